The lowest BCUT2D eigenvalue weighted by atomic mass is 10.1. The Morgan fingerprint density at radius 3 is 2.24 bits per heavy atom. The first-order valence-corrected chi connectivity index (χ1v) is 6.50. The van der Waals surface area contributed by atoms with Crippen molar-refractivity contribution in [2.24, 2.45) is 0 Å². The Balaban J connectivity index is 2.24. The van der Waals surface area contributed by atoms with Crippen LogP contribution in [0.15, 0.2) is 46.9 Å². The predicted octanol–water partition coefficient (Wildman–Crippen LogP) is 4.86. The van der Waals surface area contributed by atoms with E-state index >= 15 is 0 Å². The molecule has 21 heavy (non-hydrogen) atoms. The van der Waals surface area contributed by atoms with E-state index in [1.807, 2.05) is 0 Å². The zero-order valence-corrected chi connectivity index (χ0v) is 11.9. The van der Waals surface area contributed by atoms with Crippen molar-refractivity contribution in [1.82, 2.24) is 0 Å². The Hall–Kier alpha value is -1.89. The molecule has 0 heterocycles. The highest BCUT2D eigenvalue weighted by atomic mass is 79.9. The molecule has 0 fully saturated rings. The Kier molecular flexibility index (Phi) is 4.32. The highest BCUT2D eigenvalue weighted by Gasteiger charge is 2.33. The van der Waals surface area contributed by atoms with Gasteiger partial charge in [-0.1, -0.05) is 15.9 Å². The van der Waals surface area contributed by atoms with Crippen LogP contribution >= 0.6 is 15.9 Å². The van der Waals surface area contributed by atoms with Crippen molar-refractivity contribution in [3.63, 3.8) is 0 Å². The number of rotatable bonds is 2. The number of carbonyl (C=O) groups excluding carboxylic acids is 1. The number of hydrogen-bond acceptors (Lipinski definition) is 1. The van der Waals surface area contributed by atoms with Gasteiger partial charge in [-0.15, -0.1) is 0 Å². The Labute approximate surface area is 125 Å². The number of anilines is 1. The van der Waals surface area contributed by atoms with E-state index in [1.54, 1.807) is 0 Å². The topological polar surface area (TPSA) is 29.1 Å². The van der Waals surface area contributed by atoms with Crippen molar-refractivity contribution >= 4 is 27.5 Å². The van der Waals surface area contributed by atoms with Crippen molar-refractivity contribution < 1.29 is 22.4 Å². The van der Waals surface area contributed by atoms with Gasteiger partial charge >= 0.3 is 6.18 Å². The van der Waals surface area contributed by atoms with E-state index in [0.717, 1.165) is 18.2 Å². The van der Waals surface area contributed by atoms with E-state index in [0.29, 0.717) is 0 Å². The average Bonchev–Trinajstić information content (AvgIpc) is 2.40. The largest absolute Gasteiger partial charge is 0.417 e. The predicted molar refractivity (Wildman–Crippen MR) is 73.5 cm³/mol. The maximum absolute atomic E-state index is 12.7. The molecule has 110 valence electrons. The lowest BCUT2D eigenvalue weighted by Crippen LogP contribution is -2.13. The number of nitrogens with one attached hydrogen (secondary N) is 1. The van der Waals surface area contributed by atoms with Crippen LogP contribution in [0.1, 0.15) is 15.9 Å². The van der Waals surface area contributed by atoms with Gasteiger partial charge in [0.15, 0.2) is 0 Å². The molecule has 0 spiro atoms. The molecule has 0 saturated carbocycles. The second-order valence-electron chi connectivity index (χ2n) is 4.15. The molecule has 0 aliphatic heterocycles. The summed E-state index contributed by atoms with van der Waals surface area (Å²) in [6.07, 6.45) is -4.53. The van der Waals surface area contributed by atoms with Gasteiger partial charge in [-0.05, 0) is 42.5 Å². The molecule has 0 aromatic heterocycles. The summed E-state index contributed by atoms with van der Waals surface area (Å²) in [6, 6.07) is 8.03. The van der Waals surface area contributed by atoms with Crippen LogP contribution < -0.4 is 5.32 Å². The van der Waals surface area contributed by atoms with Crippen LogP contribution in [0.4, 0.5) is 23.2 Å². The van der Waals surface area contributed by atoms with Crippen molar-refractivity contribution in [3.8, 4) is 0 Å². The fraction of sp³-hybridized carbons (Fsp3) is 0.0714. The van der Waals surface area contributed by atoms with E-state index in [9.17, 15) is 22.4 Å². The number of benzene rings is 2. The van der Waals surface area contributed by atoms with Gasteiger partial charge in [0, 0.05) is 15.7 Å². The number of carbonyl (C=O) groups is 1. The second-order valence-corrected chi connectivity index (χ2v) is 5.01. The molecule has 0 radical (unpaired) electrons. The van der Waals surface area contributed by atoms with Crippen LogP contribution in [-0.4, -0.2) is 5.91 Å². The number of hydrogen-bond donors (Lipinski definition) is 1. The minimum Gasteiger partial charge on any atom is -0.322 e. The second kappa shape index (κ2) is 5.85. The van der Waals surface area contributed by atoms with Crippen LogP contribution in [0.2, 0.25) is 0 Å². The summed E-state index contributed by atoms with van der Waals surface area (Å²) in [5.74, 6) is -1.13. The van der Waals surface area contributed by atoms with Crippen molar-refractivity contribution in [2.75, 3.05) is 5.32 Å². The monoisotopic (exact) mass is 361 g/mol. The maximum atomic E-state index is 12.7. The van der Waals surface area contributed by atoms with Crippen LogP contribution in [0.25, 0.3) is 0 Å². The smallest absolute Gasteiger partial charge is 0.322 e. The number of alkyl halides is 3. The number of amides is 1. The van der Waals surface area contributed by atoms with Crippen molar-refractivity contribution in [1.29, 1.82) is 0 Å². The molecule has 0 aliphatic carbocycles. The van der Waals surface area contributed by atoms with Gasteiger partial charge in [0.2, 0.25) is 0 Å². The molecule has 2 aromatic carbocycles. The van der Waals surface area contributed by atoms with Crippen molar-refractivity contribution in [3.05, 3.63) is 63.9 Å². The molecule has 1 N–H and O–H groups in total. The summed E-state index contributed by atoms with van der Waals surface area (Å²) in [4.78, 5) is 11.8. The van der Waals surface area contributed by atoms with Gasteiger partial charge in [-0.3, -0.25) is 4.79 Å². The van der Waals surface area contributed by atoms with Crippen molar-refractivity contribution in [2.45, 2.75) is 6.18 Å². The van der Waals surface area contributed by atoms with Gasteiger partial charge < -0.3 is 5.32 Å². The summed E-state index contributed by atoms with van der Waals surface area (Å²) in [6.45, 7) is 0. The summed E-state index contributed by atoms with van der Waals surface area (Å²) in [7, 11) is 0. The van der Waals surface area contributed by atoms with Crippen LogP contribution in [0.5, 0.6) is 0 Å². The zero-order valence-electron chi connectivity index (χ0n) is 10.3. The molecule has 2 nitrogen and oxygen atoms in total. The summed E-state index contributed by atoms with van der Waals surface area (Å²) in [5.41, 5.74) is -0.743. The Morgan fingerprint density at radius 2 is 1.67 bits per heavy atom. The van der Waals surface area contributed by atoms with E-state index in [4.69, 9.17) is 0 Å². The molecule has 2 rings (SSSR count). The standard InChI is InChI=1S/C14H8BrF4NO/c15-12-6-5-10(7-11(12)14(17,18)19)20-13(21)8-1-3-9(16)4-2-8/h1-7H,(H,20,21). The molecule has 0 aliphatic rings. The fourth-order valence-corrected chi connectivity index (χ4v) is 2.10. The minimum absolute atomic E-state index is 0.000139. The molecular formula is C14H8BrF4NO. The molecule has 0 unspecified atom stereocenters. The van der Waals surface area contributed by atoms with Crippen LogP contribution in [-0.2, 0) is 6.18 Å². The first-order chi connectivity index (χ1) is 9.77. The van der Waals surface area contributed by atoms with E-state index in [2.05, 4.69) is 21.2 Å². The number of halogens is 5. The first-order valence-electron chi connectivity index (χ1n) is 5.71. The molecular weight excluding hydrogens is 354 g/mol. The zero-order chi connectivity index (χ0) is 15.6. The van der Waals surface area contributed by atoms with Gasteiger partial charge in [0.1, 0.15) is 5.82 Å². The molecule has 0 atom stereocenters. The Morgan fingerprint density at radius 1 is 1.05 bits per heavy atom. The molecule has 2 aromatic rings. The fourth-order valence-electron chi connectivity index (χ4n) is 1.62. The van der Waals surface area contributed by atoms with Gasteiger partial charge in [0.05, 0.1) is 5.56 Å². The maximum Gasteiger partial charge on any atom is 0.417 e. The lowest BCUT2D eigenvalue weighted by molar-refractivity contribution is -0.138. The molecule has 1 amide bonds. The highest BCUT2D eigenvalue weighted by Crippen LogP contribution is 2.36. The van der Waals surface area contributed by atoms with Crippen LogP contribution in [0.3, 0.4) is 0 Å². The first kappa shape index (κ1) is 15.5. The quantitative estimate of drug-likeness (QED) is 0.760. The van der Waals surface area contributed by atoms with E-state index in [-0.39, 0.29) is 15.7 Å². The van der Waals surface area contributed by atoms with Gasteiger partial charge in [-0.2, -0.15) is 13.2 Å². The SMILES string of the molecule is O=C(Nc1ccc(Br)c(C(F)(F)F)c1)c1ccc(F)cc1. The third kappa shape index (κ3) is 3.81. The Bertz CT molecular complexity index is 668. The third-order valence-corrected chi connectivity index (χ3v) is 3.33. The normalized spacial score (nSPS) is 11.3. The lowest BCUT2D eigenvalue weighted by Gasteiger charge is -2.12. The third-order valence-electron chi connectivity index (χ3n) is 2.64. The molecule has 0 saturated heterocycles. The molecule has 0 bridgehead atoms. The average molecular weight is 362 g/mol. The van der Waals surface area contributed by atoms with Crippen LogP contribution in [0, 0.1) is 5.82 Å². The summed E-state index contributed by atoms with van der Waals surface area (Å²) < 4.78 is 50.9. The highest BCUT2D eigenvalue weighted by molar-refractivity contribution is 9.10. The summed E-state index contributed by atoms with van der Waals surface area (Å²) >= 11 is 2.81. The van der Waals surface area contributed by atoms with E-state index in [1.165, 1.54) is 24.3 Å². The minimum atomic E-state index is -4.53. The van der Waals surface area contributed by atoms with Gasteiger partial charge in [0.25, 0.3) is 5.91 Å². The van der Waals surface area contributed by atoms with Gasteiger partial charge in [-0.25, -0.2) is 4.39 Å². The van der Waals surface area contributed by atoms with E-state index < -0.39 is 23.5 Å². The summed E-state index contributed by atoms with van der Waals surface area (Å²) in [5, 5.41) is 2.34. The molecule has 7 heteroatoms.